The zero-order chi connectivity index (χ0) is 24.7. The van der Waals surface area contributed by atoms with E-state index in [2.05, 4.69) is 159 Å². The maximum absolute atomic E-state index is 2.58. The van der Waals surface area contributed by atoms with E-state index in [1.165, 1.54) is 21.2 Å². The van der Waals surface area contributed by atoms with Gasteiger partial charge in [-0.3, -0.25) is 9.34 Å². The zero-order valence-corrected chi connectivity index (χ0v) is 23.0. The fourth-order valence-electron chi connectivity index (χ4n) is 4.79. The molecule has 2 nitrogen and oxygen atoms in total. The molecule has 4 rings (SSSR count). The molecular weight excluding hydrogens is 462 g/mol. The Morgan fingerprint density at radius 3 is 0.914 bits per heavy atom. The van der Waals surface area contributed by atoms with Crippen molar-refractivity contribution in [3.8, 4) is 0 Å². The van der Waals surface area contributed by atoms with Gasteiger partial charge in [0.25, 0.3) is 0 Å². The molecule has 0 atom stereocenters. The Kier molecular flexibility index (Phi) is 8.88. The van der Waals surface area contributed by atoms with Crippen LogP contribution in [0.5, 0.6) is 0 Å². The summed E-state index contributed by atoms with van der Waals surface area (Å²) in [6.45, 7) is 6.85. The predicted molar refractivity (Wildman–Crippen MR) is 157 cm³/mol. The lowest BCUT2D eigenvalue weighted by Gasteiger charge is -2.40. The first-order valence-electron chi connectivity index (χ1n) is 12.2. The molecule has 0 bridgehead atoms. The molecule has 0 aliphatic rings. The zero-order valence-electron chi connectivity index (χ0n) is 21.3. The average Bonchev–Trinajstić information content (AvgIpc) is 2.86. The predicted octanol–water partition coefficient (Wildman–Crippen LogP) is 5.97. The van der Waals surface area contributed by atoms with Crippen molar-refractivity contribution in [2.45, 2.75) is 13.8 Å². The van der Waals surface area contributed by atoms with Crippen LogP contribution in [0, 0.1) is 5.41 Å². The van der Waals surface area contributed by atoms with Crippen molar-refractivity contribution in [1.82, 2.24) is 9.34 Å². The fraction of sp³-hybridized carbons (Fsp3) is 0.226. The van der Waals surface area contributed by atoms with Gasteiger partial charge >= 0.3 is 0 Å². The molecule has 35 heavy (non-hydrogen) atoms. The standard InChI is InChI=1S/C31H36N2P2/c1-31(2,25-32(3)34(27-17-9-5-10-18-27)28-19-11-6-12-20-28)26-33(4)35(29-21-13-7-14-22-29)30-23-15-8-16-24-30/h5-24H,25-26H2,1-4H3. The second kappa shape index (κ2) is 12.1. The van der Waals surface area contributed by atoms with E-state index < -0.39 is 16.1 Å². The quantitative estimate of drug-likeness (QED) is 0.249. The van der Waals surface area contributed by atoms with Crippen LogP contribution in [-0.4, -0.2) is 36.5 Å². The first-order chi connectivity index (χ1) is 16.9. The van der Waals surface area contributed by atoms with Crippen LogP contribution >= 0.6 is 16.1 Å². The van der Waals surface area contributed by atoms with Crippen LogP contribution in [-0.2, 0) is 0 Å². The number of hydrogen-bond acceptors (Lipinski definition) is 2. The Morgan fingerprint density at radius 2 is 0.686 bits per heavy atom. The van der Waals surface area contributed by atoms with Crippen molar-refractivity contribution in [2.24, 2.45) is 5.41 Å². The summed E-state index contributed by atoms with van der Waals surface area (Å²) in [6.07, 6.45) is 0. The van der Waals surface area contributed by atoms with Crippen molar-refractivity contribution in [2.75, 3.05) is 27.2 Å². The van der Waals surface area contributed by atoms with Crippen molar-refractivity contribution in [3.63, 3.8) is 0 Å². The molecule has 180 valence electrons. The van der Waals surface area contributed by atoms with Gasteiger partial charge in [-0.1, -0.05) is 135 Å². The van der Waals surface area contributed by atoms with Gasteiger partial charge in [0.15, 0.2) is 0 Å². The largest absolute Gasteiger partial charge is 0.277 e. The van der Waals surface area contributed by atoms with Gasteiger partial charge in [0.2, 0.25) is 0 Å². The van der Waals surface area contributed by atoms with Crippen molar-refractivity contribution < 1.29 is 0 Å². The van der Waals surface area contributed by atoms with Crippen LogP contribution in [0.2, 0.25) is 0 Å². The summed E-state index contributed by atoms with van der Waals surface area (Å²) in [5, 5.41) is 5.60. The second-order valence-electron chi connectivity index (χ2n) is 9.76. The molecular formula is C31H36N2P2. The molecule has 0 saturated carbocycles. The van der Waals surface area contributed by atoms with Crippen LogP contribution in [0.25, 0.3) is 0 Å². The smallest absolute Gasteiger partial charge is 0.0278 e. The van der Waals surface area contributed by atoms with Crippen LogP contribution in [0.4, 0.5) is 0 Å². The van der Waals surface area contributed by atoms with Gasteiger partial charge in [0.1, 0.15) is 0 Å². The minimum Gasteiger partial charge on any atom is -0.277 e. The third kappa shape index (κ3) is 6.87. The first kappa shape index (κ1) is 25.7. The number of benzene rings is 4. The van der Waals surface area contributed by atoms with Gasteiger partial charge in [0, 0.05) is 29.2 Å². The molecule has 0 saturated heterocycles. The SMILES string of the molecule is CN(CC(C)(C)CN(C)P(c1ccccc1)c1ccccc1)P(c1ccccc1)c1ccccc1. The topological polar surface area (TPSA) is 6.48 Å². The van der Waals surface area contributed by atoms with Crippen LogP contribution in [0.3, 0.4) is 0 Å². The van der Waals surface area contributed by atoms with E-state index in [4.69, 9.17) is 0 Å². The van der Waals surface area contributed by atoms with E-state index in [-0.39, 0.29) is 5.41 Å². The molecule has 0 aliphatic carbocycles. The molecule has 0 fully saturated rings. The van der Waals surface area contributed by atoms with E-state index in [1.807, 2.05) is 0 Å². The number of nitrogens with zero attached hydrogens (tertiary/aromatic N) is 2. The average molecular weight is 499 g/mol. The van der Waals surface area contributed by atoms with Gasteiger partial charge < -0.3 is 0 Å². The molecule has 4 aromatic carbocycles. The number of hydrogen-bond donors (Lipinski definition) is 0. The summed E-state index contributed by atoms with van der Waals surface area (Å²) in [5.74, 6) is 0. The van der Waals surface area contributed by atoms with E-state index in [9.17, 15) is 0 Å². The fourth-order valence-corrected chi connectivity index (χ4v) is 9.83. The van der Waals surface area contributed by atoms with E-state index in [0.29, 0.717) is 0 Å². The highest BCUT2D eigenvalue weighted by Crippen LogP contribution is 2.42. The summed E-state index contributed by atoms with van der Waals surface area (Å²) in [7, 11) is 3.42. The lowest BCUT2D eigenvalue weighted by atomic mass is 9.94. The first-order valence-corrected chi connectivity index (χ1v) is 14.8. The van der Waals surface area contributed by atoms with Crippen molar-refractivity contribution in [3.05, 3.63) is 121 Å². The molecule has 0 radical (unpaired) electrons. The van der Waals surface area contributed by atoms with E-state index in [0.717, 1.165) is 13.1 Å². The van der Waals surface area contributed by atoms with Crippen LogP contribution in [0.1, 0.15) is 13.8 Å². The molecule has 4 aromatic rings. The minimum atomic E-state index is -0.584. The Balaban J connectivity index is 1.56. The van der Waals surface area contributed by atoms with Crippen LogP contribution in [0.15, 0.2) is 121 Å². The summed E-state index contributed by atoms with van der Waals surface area (Å²) >= 11 is 0. The van der Waals surface area contributed by atoms with Gasteiger partial charge in [-0.05, 0) is 40.7 Å². The maximum Gasteiger partial charge on any atom is 0.0278 e. The molecule has 0 N–H and O–H groups in total. The molecule has 0 unspecified atom stereocenters. The highest BCUT2D eigenvalue weighted by Gasteiger charge is 2.30. The molecule has 4 heteroatoms. The number of rotatable bonds is 10. The summed E-state index contributed by atoms with van der Waals surface area (Å²) in [5.41, 5.74) is 0.109. The summed E-state index contributed by atoms with van der Waals surface area (Å²) < 4.78 is 5.17. The minimum absolute atomic E-state index is 0.109. The Labute approximate surface area is 214 Å². The highest BCUT2D eigenvalue weighted by molar-refractivity contribution is 7.71. The normalized spacial score (nSPS) is 12.1. The highest BCUT2D eigenvalue weighted by atomic mass is 31.1. The monoisotopic (exact) mass is 498 g/mol. The Morgan fingerprint density at radius 1 is 0.457 bits per heavy atom. The van der Waals surface area contributed by atoms with Crippen LogP contribution < -0.4 is 21.2 Å². The van der Waals surface area contributed by atoms with Gasteiger partial charge in [-0.2, -0.15) is 0 Å². The van der Waals surface area contributed by atoms with E-state index >= 15 is 0 Å². The van der Waals surface area contributed by atoms with Gasteiger partial charge in [-0.25, -0.2) is 0 Å². The lowest BCUT2D eigenvalue weighted by Crippen LogP contribution is -2.40. The second-order valence-corrected chi connectivity index (χ2v) is 14.4. The maximum atomic E-state index is 2.58. The van der Waals surface area contributed by atoms with Crippen molar-refractivity contribution >= 4 is 37.4 Å². The molecule has 0 heterocycles. The van der Waals surface area contributed by atoms with Gasteiger partial charge in [-0.15, -0.1) is 0 Å². The summed E-state index contributed by atoms with van der Waals surface area (Å²) in [6, 6.07) is 43.9. The van der Waals surface area contributed by atoms with E-state index in [1.54, 1.807) is 0 Å². The van der Waals surface area contributed by atoms with Crippen molar-refractivity contribution in [1.29, 1.82) is 0 Å². The molecule has 0 aliphatic heterocycles. The Bertz CT molecular complexity index is 980. The third-order valence-electron chi connectivity index (χ3n) is 6.00. The van der Waals surface area contributed by atoms with Gasteiger partial charge in [0.05, 0.1) is 0 Å². The molecule has 0 amide bonds. The Hall–Kier alpha value is -2.34. The lowest BCUT2D eigenvalue weighted by molar-refractivity contribution is 0.247. The summed E-state index contributed by atoms with van der Waals surface area (Å²) in [4.78, 5) is 0. The molecule has 0 aromatic heterocycles. The molecule has 0 spiro atoms. The third-order valence-corrected chi connectivity index (χ3v) is 10.8.